The highest BCUT2D eigenvalue weighted by Crippen LogP contribution is 2.45. The molecule has 2 unspecified atom stereocenters. The molecule has 1 aromatic rings. The molecule has 1 saturated heterocycles. The minimum atomic E-state index is 0.0816. The van der Waals surface area contributed by atoms with Crippen LogP contribution >= 0.6 is 23.1 Å². The predicted octanol–water partition coefficient (Wildman–Crippen LogP) is 2.63. The van der Waals surface area contributed by atoms with Crippen LogP contribution in [0.2, 0.25) is 0 Å². The second kappa shape index (κ2) is 6.08. The third-order valence-electron chi connectivity index (χ3n) is 3.15. The molecule has 0 bridgehead atoms. The average molecular weight is 284 g/mol. The number of nitrogens with zero attached hydrogens (tertiary/aromatic N) is 1. The summed E-state index contributed by atoms with van der Waals surface area (Å²) in [5.74, 6) is 0.274. The Kier molecular flexibility index (Phi) is 4.70. The summed E-state index contributed by atoms with van der Waals surface area (Å²) in [6.07, 6.45) is 0. The Bertz CT molecular complexity index is 419. The van der Waals surface area contributed by atoms with E-state index in [0.717, 1.165) is 19.6 Å². The van der Waals surface area contributed by atoms with Crippen molar-refractivity contribution < 1.29 is 4.79 Å². The summed E-state index contributed by atoms with van der Waals surface area (Å²) in [6.45, 7) is 8.85. The van der Waals surface area contributed by atoms with Gasteiger partial charge in [0.1, 0.15) is 5.37 Å². The molecule has 0 aromatic carbocycles. The molecular formula is C13H20N2OS2. The van der Waals surface area contributed by atoms with Crippen molar-refractivity contribution >= 4 is 29.0 Å². The van der Waals surface area contributed by atoms with E-state index in [9.17, 15) is 4.79 Å². The molecule has 1 aliphatic heterocycles. The Balaban J connectivity index is 2.12. The first kappa shape index (κ1) is 13.9. The number of thiophene rings is 1. The highest BCUT2D eigenvalue weighted by Gasteiger charge is 2.39. The number of likely N-dealkylation sites (N-methyl/N-ethyl adjacent to an activating group) is 1. The van der Waals surface area contributed by atoms with Crippen LogP contribution in [0.1, 0.15) is 29.7 Å². The van der Waals surface area contributed by atoms with Gasteiger partial charge in [-0.25, -0.2) is 0 Å². The number of thioether (sulfide) groups is 1. The average Bonchev–Trinajstić information content (AvgIpc) is 2.87. The predicted molar refractivity (Wildman–Crippen MR) is 79.1 cm³/mol. The zero-order valence-electron chi connectivity index (χ0n) is 11.1. The Hall–Kier alpha value is -0.520. The fraction of sp³-hybridized carbons (Fsp3) is 0.615. The van der Waals surface area contributed by atoms with Crippen LogP contribution in [0, 0.1) is 6.92 Å². The number of carbonyl (C=O) groups excluding carboxylic acids is 1. The zero-order valence-corrected chi connectivity index (χ0v) is 12.7. The normalized spacial score (nSPS) is 23.9. The van der Waals surface area contributed by atoms with Crippen molar-refractivity contribution in [3.05, 3.63) is 21.9 Å². The van der Waals surface area contributed by atoms with Crippen LogP contribution in [0.15, 0.2) is 11.4 Å². The summed E-state index contributed by atoms with van der Waals surface area (Å²) in [5, 5.41) is 5.70. The van der Waals surface area contributed by atoms with E-state index in [1.54, 1.807) is 23.1 Å². The smallest absolute Gasteiger partial charge is 0.236 e. The van der Waals surface area contributed by atoms with Crippen LogP contribution < -0.4 is 5.32 Å². The van der Waals surface area contributed by atoms with Gasteiger partial charge in [0.15, 0.2) is 0 Å². The van der Waals surface area contributed by atoms with E-state index in [1.807, 2.05) is 11.8 Å². The second-order valence-electron chi connectivity index (χ2n) is 4.48. The largest absolute Gasteiger partial charge is 0.323 e. The lowest BCUT2D eigenvalue weighted by Crippen LogP contribution is -2.36. The minimum Gasteiger partial charge on any atom is -0.323 e. The first-order valence-corrected chi connectivity index (χ1v) is 8.18. The third-order valence-corrected chi connectivity index (χ3v) is 5.73. The maximum Gasteiger partial charge on any atom is 0.236 e. The van der Waals surface area contributed by atoms with Crippen LogP contribution in [-0.4, -0.2) is 35.7 Å². The van der Waals surface area contributed by atoms with Crippen LogP contribution in [0.25, 0.3) is 0 Å². The van der Waals surface area contributed by atoms with Crippen molar-refractivity contribution in [1.82, 2.24) is 10.2 Å². The molecule has 1 fully saturated rings. The van der Waals surface area contributed by atoms with Gasteiger partial charge >= 0.3 is 0 Å². The Morgan fingerprint density at radius 1 is 1.50 bits per heavy atom. The quantitative estimate of drug-likeness (QED) is 0.844. The molecule has 1 amide bonds. The monoisotopic (exact) mass is 284 g/mol. The highest BCUT2D eigenvalue weighted by atomic mass is 32.2. The minimum absolute atomic E-state index is 0.0816. The summed E-state index contributed by atoms with van der Waals surface area (Å²) in [4.78, 5) is 15.6. The van der Waals surface area contributed by atoms with Crippen LogP contribution in [0.5, 0.6) is 0 Å². The molecule has 5 heteroatoms. The molecule has 1 aromatic heterocycles. The number of amides is 1. The molecule has 2 atom stereocenters. The lowest BCUT2D eigenvalue weighted by molar-refractivity contribution is -0.129. The number of hydrogen-bond acceptors (Lipinski definition) is 4. The maximum atomic E-state index is 12.2. The molecule has 100 valence electrons. The molecule has 18 heavy (non-hydrogen) atoms. The van der Waals surface area contributed by atoms with Gasteiger partial charge in [0, 0.05) is 18.0 Å². The van der Waals surface area contributed by atoms with Gasteiger partial charge in [0.2, 0.25) is 5.91 Å². The van der Waals surface area contributed by atoms with Gasteiger partial charge in [-0.2, -0.15) is 0 Å². The van der Waals surface area contributed by atoms with Crippen molar-refractivity contribution in [1.29, 1.82) is 0 Å². The van der Waals surface area contributed by atoms with Crippen LogP contribution in [0.4, 0.5) is 0 Å². The topological polar surface area (TPSA) is 32.3 Å². The van der Waals surface area contributed by atoms with Crippen molar-refractivity contribution in [3.63, 3.8) is 0 Å². The molecular weight excluding hydrogens is 264 g/mol. The fourth-order valence-corrected chi connectivity index (χ4v) is 4.67. The summed E-state index contributed by atoms with van der Waals surface area (Å²) in [7, 11) is 0. The SMILES string of the molecule is CCNCCN1C(=O)C(C)SC1c1sccc1C. The van der Waals surface area contributed by atoms with Gasteiger partial charge in [-0.3, -0.25) is 4.79 Å². The number of carbonyl (C=O) groups is 1. The molecule has 0 radical (unpaired) electrons. The molecule has 3 nitrogen and oxygen atoms in total. The summed E-state index contributed by atoms with van der Waals surface area (Å²) >= 11 is 3.53. The number of hydrogen-bond donors (Lipinski definition) is 1. The zero-order chi connectivity index (χ0) is 13.1. The van der Waals surface area contributed by atoms with E-state index < -0.39 is 0 Å². The molecule has 2 heterocycles. The third kappa shape index (κ3) is 2.73. The first-order valence-electron chi connectivity index (χ1n) is 6.35. The van der Waals surface area contributed by atoms with Gasteiger partial charge in [-0.1, -0.05) is 6.92 Å². The highest BCUT2D eigenvalue weighted by molar-refractivity contribution is 8.01. The van der Waals surface area contributed by atoms with E-state index in [0.29, 0.717) is 0 Å². The molecule has 0 aliphatic carbocycles. The molecule has 1 aliphatic rings. The standard InChI is InChI=1S/C13H20N2OS2/c1-4-14-6-7-15-12(16)10(3)18-13(15)11-9(2)5-8-17-11/h5,8,10,13-14H,4,6-7H2,1-3H3. The van der Waals surface area contributed by atoms with Crippen molar-refractivity contribution in [2.75, 3.05) is 19.6 Å². The Morgan fingerprint density at radius 3 is 2.89 bits per heavy atom. The Labute approximate surface area is 117 Å². The van der Waals surface area contributed by atoms with Crippen molar-refractivity contribution in [2.24, 2.45) is 0 Å². The first-order chi connectivity index (χ1) is 8.65. The molecule has 0 spiro atoms. The molecule has 2 rings (SSSR count). The van der Waals surface area contributed by atoms with E-state index in [1.165, 1.54) is 10.4 Å². The fourth-order valence-electron chi connectivity index (χ4n) is 2.12. The van der Waals surface area contributed by atoms with E-state index in [4.69, 9.17) is 0 Å². The van der Waals surface area contributed by atoms with Crippen molar-refractivity contribution in [2.45, 2.75) is 31.4 Å². The Morgan fingerprint density at radius 2 is 2.28 bits per heavy atom. The van der Waals surface area contributed by atoms with Gasteiger partial charge in [-0.15, -0.1) is 23.1 Å². The van der Waals surface area contributed by atoms with Gasteiger partial charge in [-0.05, 0) is 37.4 Å². The van der Waals surface area contributed by atoms with Gasteiger partial charge in [0.05, 0.1) is 5.25 Å². The molecule has 1 N–H and O–H groups in total. The molecule has 0 saturated carbocycles. The number of nitrogens with one attached hydrogen (secondary N) is 1. The number of rotatable bonds is 5. The van der Waals surface area contributed by atoms with E-state index in [-0.39, 0.29) is 16.5 Å². The lowest BCUT2D eigenvalue weighted by atomic mass is 10.2. The van der Waals surface area contributed by atoms with Crippen LogP contribution in [-0.2, 0) is 4.79 Å². The van der Waals surface area contributed by atoms with Crippen LogP contribution in [0.3, 0.4) is 0 Å². The van der Waals surface area contributed by atoms with Crippen molar-refractivity contribution in [3.8, 4) is 0 Å². The van der Waals surface area contributed by atoms with Gasteiger partial charge < -0.3 is 10.2 Å². The summed E-state index contributed by atoms with van der Waals surface area (Å²) in [5.41, 5.74) is 1.30. The van der Waals surface area contributed by atoms with E-state index in [2.05, 4.69) is 30.6 Å². The summed E-state index contributed by atoms with van der Waals surface area (Å²) in [6, 6.07) is 2.14. The van der Waals surface area contributed by atoms with E-state index >= 15 is 0 Å². The van der Waals surface area contributed by atoms with Gasteiger partial charge in [0.25, 0.3) is 0 Å². The summed E-state index contributed by atoms with van der Waals surface area (Å²) < 4.78 is 0. The maximum absolute atomic E-state index is 12.2. The number of aryl methyl sites for hydroxylation is 1. The lowest BCUT2D eigenvalue weighted by Gasteiger charge is -2.23. The second-order valence-corrected chi connectivity index (χ2v) is 6.86.